The fourth-order valence-electron chi connectivity index (χ4n) is 2.59. The van der Waals surface area contributed by atoms with Crippen LogP contribution in [0, 0.1) is 5.41 Å². The van der Waals surface area contributed by atoms with E-state index in [4.69, 9.17) is 4.84 Å². The number of rotatable bonds is 7. The molecule has 3 rings (SSSR count). The molecule has 0 aliphatic carbocycles. The maximum Gasteiger partial charge on any atom is 0.178 e. The molecular formula is C25H25NO2S. The molecule has 0 aromatic heterocycles. The van der Waals surface area contributed by atoms with Gasteiger partial charge in [0.2, 0.25) is 0 Å². The van der Waals surface area contributed by atoms with Crippen LogP contribution in [0.25, 0.3) is 0 Å². The molecule has 0 amide bonds. The van der Waals surface area contributed by atoms with E-state index in [9.17, 15) is 4.79 Å². The van der Waals surface area contributed by atoms with Crippen molar-refractivity contribution < 1.29 is 9.63 Å². The Morgan fingerprint density at radius 1 is 0.862 bits per heavy atom. The first-order chi connectivity index (χ1) is 13.9. The normalized spacial score (nSPS) is 11.9. The number of hydrogen-bond acceptors (Lipinski definition) is 4. The molecule has 0 unspecified atom stereocenters. The van der Waals surface area contributed by atoms with Crippen LogP contribution in [0.2, 0.25) is 0 Å². The van der Waals surface area contributed by atoms with Gasteiger partial charge in [0, 0.05) is 26.3 Å². The SMILES string of the molecule is CC(C)(C)C(=O)CO/N=C(/c1ccccc1)c1ccccc1Sc1ccccc1. The third-order valence-corrected chi connectivity index (χ3v) is 5.43. The van der Waals surface area contributed by atoms with E-state index in [1.165, 1.54) is 0 Å². The van der Waals surface area contributed by atoms with Crippen molar-refractivity contribution in [2.45, 2.75) is 30.6 Å². The summed E-state index contributed by atoms with van der Waals surface area (Å²) in [5.74, 6) is 0.0145. The fourth-order valence-corrected chi connectivity index (χ4v) is 3.56. The molecule has 0 atom stereocenters. The van der Waals surface area contributed by atoms with Crippen molar-refractivity contribution in [3.05, 3.63) is 96.1 Å². The molecule has 29 heavy (non-hydrogen) atoms. The van der Waals surface area contributed by atoms with Crippen molar-refractivity contribution in [3.63, 3.8) is 0 Å². The maximum absolute atomic E-state index is 12.2. The highest BCUT2D eigenvalue weighted by atomic mass is 32.2. The van der Waals surface area contributed by atoms with Crippen molar-refractivity contribution in [2.75, 3.05) is 6.61 Å². The van der Waals surface area contributed by atoms with Gasteiger partial charge < -0.3 is 4.84 Å². The van der Waals surface area contributed by atoms with E-state index in [0.717, 1.165) is 20.9 Å². The summed E-state index contributed by atoms with van der Waals surface area (Å²) in [6, 6.07) is 28.2. The Kier molecular flexibility index (Phi) is 6.89. The second-order valence-corrected chi connectivity index (χ2v) is 8.78. The van der Waals surface area contributed by atoms with E-state index in [1.54, 1.807) is 11.8 Å². The van der Waals surface area contributed by atoms with E-state index in [1.807, 2.05) is 87.5 Å². The van der Waals surface area contributed by atoms with Crippen LogP contribution in [-0.2, 0) is 9.63 Å². The van der Waals surface area contributed by atoms with Crippen LogP contribution in [-0.4, -0.2) is 18.1 Å². The summed E-state index contributed by atoms with van der Waals surface area (Å²) in [4.78, 5) is 20.0. The molecule has 3 nitrogen and oxygen atoms in total. The predicted octanol–water partition coefficient (Wildman–Crippen LogP) is 6.22. The number of benzene rings is 3. The Balaban J connectivity index is 1.95. The third kappa shape index (κ3) is 5.81. The topological polar surface area (TPSA) is 38.7 Å². The van der Waals surface area contributed by atoms with Crippen LogP contribution < -0.4 is 0 Å². The molecular weight excluding hydrogens is 378 g/mol. The molecule has 0 aliphatic rings. The Labute approximate surface area is 176 Å². The minimum atomic E-state index is -0.455. The average molecular weight is 404 g/mol. The zero-order chi connectivity index (χ0) is 20.7. The van der Waals surface area contributed by atoms with Gasteiger partial charge in [-0.3, -0.25) is 4.79 Å². The number of nitrogens with zero attached hydrogens (tertiary/aromatic N) is 1. The number of Topliss-reactive ketones (excluding diaryl/α,β-unsaturated/α-hetero) is 1. The van der Waals surface area contributed by atoms with Crippen LogP contribution in [0.3, 0.4) is 0 Å². The number of carbonyl (C=O) groups is 1. The van der Waals surface area contributed by atoms with Crippen molar-refractivity contribution in [3.8, 4) is 0 Å². The third-order valence-electron chi connectivity index (χ3n) is 4.35. The lowest BCUT2D eigenvalue weighted by molar-refractivity contribution is -0.131. The Morgan fingerprint density at radius 3 is 2.10 bits per heavy atom. The molecule has 3 aromatic rings. The first-order valence-corrected chi connectivity index (χ1v) is 10.4. The molecule has 3 aromatic carbocycles. The first-order valence-electron chi connectivity index (χ1n) is 9.56. The van der Waals surface area contributed by atoms with E-state index < -0.39 is 5.41 Å². The largest absolute Gasteiger partial charge is 0.387 e. The second-order valence-electron chi connectivity index (χ2n) is 7.66. The van der Waals surface area contributed by atoms with Crippen LogP contribution in [0.15, 0.2) is 99.9 Å². The Hall–Kier alpha value is -2.85. The fraction of sp³-hybridized carbons (Fsp3) is 0.200. The van der Waals surface area contributed by atoms with Gasteiger partial charge in [0.15, 0.2) is 12.4 Å². The number of oxime groups is 1. The zero-order valence-electron chi connectivity index (χ0n) is 17.0. The molecule has 0 heterocycles. The molecule has 0 bridgehead atoms. The van der Waals surface area contributed by atoms with Gasteiger partial charge in [-0.25, -0.2) is 0 Å². The van der Waals surface area contributed by atoms with Crippen LogP contribution in [0.1, 0.15) is 31.9 Å². The number of carbonyl (C=O) groups excluding carboxylic acids is 1. The minimum Gasteiger partial charge on any atom is -0.387 e. The van der Waals surface area contributed by atoms with Crippen molar-refractivity contribution in [1.29, 1.82) is 0 Å². The van der Waals surface area contributed by atoms with E-state index in [-0.39, 0.29) is 12.4 Å². The second kappa shape index (κ2) is 9.57. The molecule has 0 radical (unpaired) electrons. The quantitative estimate of drug-likeness (QED) is 0.347. The average Bonchev–Trinajstić information content (AvgIpc) is 2.72. The summed E-state index contributed by atoms with van der Waals surface area (Å²) in [5, 5.41) is 4.40. The molecule has 0 aliphatic heterocycles. The lowest BCUT2D eigenvalue weighted by atomic mass is 9.91. The highest BCUT2D eigenvalue weighted by Crippen LogP contribution is 2.31. The molecule has 0 fully saturated rings. The monoisotopic (exact) mass is 403 g/mol. The standard InChI is InChI=1S/C25H25NO2S/c1-25(2,3)23(27)18-28-26-24(19-12-6-4-7-13-19)21-16-10-11-17-22(21)29-20-14-8-5-9-15-20/h4-17H,18H2,1-3H3/b26-24-. The zero-order valence-corrected chi connectivity index (χ0v) is 17.8. The molecule has 0 N–H and O–H groups in total. The first kappa shape index (κ1) is 20.9. The Bertz CT molecular complexity index is 976. The maximum atomic E-state index is 12.2. The molecule has 4 heteroatoms. The van der Waals surface area contributed by atoms with Gasteiger partial charge in [-0.15, -0.1) is 0 Å². The lowest BCUT2D eigenvalue weighted by Crippen LogP contribution is -2.24. The smallest absolute Gasteiger partial charge is 0.178 e. The van der Waals surface area contributed by atoms with Gasteiger partial charge in [-0.05, 0) is 18.2 Å². The van der Waals surface area contributed by atoms with Crippen molar-refractivity contribution in [2.24, 2.45) is 10.6 Å². The van der Waals surface area contributed by atoms with E-state index in [2.05, 4.69) is 23.4 Å². The van der Waals surface area contributed by atoms with Gasteiger partial charge in [0.05, 0.1) is 0 Å². The minimum absolute atomic E-state index is 0.0145. The van der Waals surface area contributed by atoms with Crippen molar-refractivity contribution in [1.82, 2.24) is 0 Å². The summed E-state index contributed by atoms with van der Waals surface area (Å²) in [6.45, 7) is 5.60. The van der Waals surface area contributed by atoms with E-state index in [0.29, 0.717) is 5.71 Å². The number of hydrogen-bond donors (Lipinski definition) is 0. The summed E-state index contributed by atoms with van der Waals surface area (Å²) >= 11 is 1.68. The van der Waals surface area contributed by atoms with Gasteiger partial charge in [-0.2, -0.15) is 0 Å². The van der Waals surface area contributed by atoms with Crippen LogP contribution >= 0.6 is 11.8 Å². The predicted molar refractivity (Wildman–Crippen MR) is 120 cm³/mol. The lowest BCUT2D eigenvalue weighted by Gasteiger charge is -2.16. The summed E-state index contributed by atoms with van der Waals surface area (Å²) in [6.07, 6.45) is 0. The molecule has 0 spiro atoms. The summed E-state index contributed by atoms with van der Waals surface area (Å²) in [7, 11) is 0. The highest BCUT2D eigenvalue weighted by molar-refractivity contribution is 7.99. The van der Waals surface area contributed by atoms with E-state index >= 15 is 0 Å². The van der Waals surface area contributed by atoms with Crippen LogP contribution in [0.5, 0.6) is 0 Å². The van der Waals surface area contributed by atoms with Gasteiger partial charge in [0.1, 0.15) is 5.71 Å². The number of ketones is 1. The Morgan fingerprint density at radius 2 is 1.45 bits per heavy atom. The van der Waals surface area contributed by atoms with Gasteiger partial charge in [0.25, 0.3) is 0 Å². The van der Waals surface area contributed by atoms with Gasteiger partial charge >= 0.3 is 0 Å². The highest BCUT2D eigenvalue weighted by Gasteiger charge is 2.22. The van der Waals surface area contributed by atoms with Gasteiger partial charge in [-0.1, -0.05) is 104 Å². The molecule has 148 valence electrons. The molecule has 0 saturated carbocycles. The van der Waals surface area contributed by atoms with Crippen LogP contribution in [0.4, 0.5) is 0 Å². The molecule has 0 saturated heterocycles. The summed E-state index contributed by atoms with van der Waals surface area (Å²) < 4.78 is 0. The summed E-state index contributed by atoms with van der Waals surface area (Å²) in [5.41, 5.74) is 2.17. The van der Waals surface area contributed by atoms with Crippen molar-refractivity contribution >= 4 is 23.3 Å².